The van der Waals surface area contributed by atoms with Gasteiger partial charge >= 0.3 is 0 Å². The molecule has 0 radical (unpaired) electrons. The molecule has 2 heterocycles. The van der Waals surface area contributed by atoms with Crippen molar-refractivity contribution >= 4 is 17.5 Å². The molecule has 0 aliphatic heterocycles. The van der Waals surface area contributed by atoms with Gasteiger partial charge in [-0.25, -0.2) is 4.68 Å². The molecule has 4 aromatic rings. The Morgan fingerprint density at radius 1 is 0.871 bits per heavy atom. The molecule has 154 valence electrons. The minimum Gasteiger partial charge on any atom is -0.352 e. The van der Waals surface area contributed by atoms with Crippen LogP contribution in [0.5, 0.6) is 0 Å². The Balaban J connectivity index is 1.33. The molecule has 0 saturated carbocycles. The van der Waals surface area contributed by atoms with Gasteiger partial charge in [0.15, 0.2) is 0 Å². The van der Waals surface area contributed by atoms with Crippen LogP contribution >= 0.6 is 0 Å². The summed E-state index contributed by atoms with van der Waals surface area (Å²) in [5.41, 5.74) is 3.30. The van der Waals surface area contributed by atoms with Gasteiger partial charge in [-0.15, -0.1) is 0 Å². The Kier molecular flexibility index (Phi) is 6.13. The number of hydrogen-bond acceptors (Lipinski definition) is 4. The molecule has 2 N–H and O–H groups in total. The van der Waals surface area contributed by atoms with E-state index in [2.05, 4.69) is 20.7 Å². The van der Waals surface area contributed by atoms with Crippen molar-refractivity contribution in [2.24, 2.45) is 0 Å². The van der Waals surface area contributed by atoms with Crippen LogP contribution < -0.4 is 10.6 Å². The van der Waals surface area contributed by atoms with Crippen LogP contribution in [0, 0.1) is 0 Å². The maximum atomic E-state index is 12.5. The molecule has 0 saturated heterocycles. The number of carbonyl (C=O) groups excluding carboxylic acids is 2. The van der Waals surface area contributed by atoms with E-state index in [0.717, 1.165) is 12.1 Å². The average molecular weight is 411 g/mol. The molecule has 2 amide bonds. The Labute approximate surface area is 179 Å². The van der Waals surface area contributed by atoms with Gasteiger partial charge in [-0.05, 0) is 54.4 Å². The van der Waals surface area contributed by atoms with Crippen molar-refractivity contribution in [1.29, 1.82) is 0 Å². The van der Waals surface area contributed by atoms with Crippen LogP contribution in [-0.2, 0) is 6.42 Å². The van der Waals surface area contributed by atoms with Crippen LogP contribution in [0.25, 0.3) is 5.69 Å². The number of aromatic nitrogens is 3. The zero-order chi connectivity index (χ0) is 21.5. The summed E-state index contributed by atoms with van der Waals surface area (Å²) in [5, 5.41) is 9.86. The Morgan fingerprint density at radius 2 is 1.68 bits per heavy atom. The number of pyridine rings is 1. The summed E-state index contributed by atoms with van der Waals surface area (Å²) in [7, 11) is 0. The molecule has 0 unspecified atom stereocenters. The molecule has 0 fully saturated rings. The van der Waals surface area contributed by atoms with Gasteiger partial charge in [0.2, 0.25) is 0 Å². The van der Waals surface area contributed by atoms with E-state index >= 15 is 0 Å². The van der Waals surface area contributed by atoms with Crippen molar-refractivity contribution in [1.82, 2.24) is 20.1 Å². The molecule has 0 bridgehead atoms. The molecule has 4 rings (SSSR count). The van der Waals surface area contributed by atoms with Gasteiger partial charge in [0.05, 0.1) is 5.69 Å². The van der Waals surface area contributed by atoms with Crippen LogP contribution in [0.15, 0.2) is 91.4 Å². The second kappa shape index (κ2) is 9.49. The van der Waals surface area contributed by atoms with Crippen LogP contribution in [0.4, 0.5) is 5.69 Å². The number of anilines is 1. The Hall–Kier alpha value is -4.26. The van der Waals surface area contributed by atoms with Gasteiger partial charge in [0.1, 0.15) is 5.69 Å². The predicted molar refractivity (Wildman–Crippen MR) is 118 cm³/mol. The highest BCUT2D eigenvalue weighted by atomic mass is 16.2. The third-order valence-corrected chi connectivity index (χ3v) is 4.69. The molecule has 0 atom stereocenters. The van der Waals surface area contributed by atoms with E-state index in [9.17, 15) is 9.59 Å². The molecule has 0 aliphatic rings. The number of nitrogens with zero attached hydrogens (tertiary/aromatic N) is 3. The Bertz CT molecular complexity index is 1160. The van der Waals surface area contributed by atoms with Gasteiger partial charge in [-0.2, -0.15) is 5.10 Å². The van der Waals surface area contributed by atoms with Crippen LogP contribution in [0.2, 0.25) is 0 Å². The first kappa shape index (κ1) is 20.0. The minimum absolute atomic E-state index is 0.151. The lowest BCUT2D eigenvalue weighted by Crippen LogP contribution is -2.25. The van der Waals surface area contributed by atoms with E-state index in [1.54, 1.807) is 65.7 Å². The number of hydrogen-bond donors (Lipinski definition) is 2. The van der Waals surface area contributed by atoms with Gasteiger partial charge in [-0.1, -0.05) is 30.3 Å². The fourth-order valence-electron chi connectivity index (χ4n) is 3.07. The van der Waals surface area contributed by atoms with E-state index < -0.39 is 0 Å². The van der Waals surface area contributed by atoms with E-state index in [1.165, 1.54) is 5.56 Å². The van der Waals surface area contributed by atoms with Gasteiger partial charge in [0, 0.05) is 36.4 Å². The summed E-state index contributed by atoms with van der Waals surface area (Å²) in [4.78, 5) is 29.0. The van der Waals surface area contributed by atoms with Crippen molar-refractivity contribution in [3.63, 3.8) is 0 Å². The number of benzene rings is 2. The highest BCUT2D eigenvalue weighted by molar-refractivity contribution is 6.03. The zero-order valence-electron chi connectivity index (χ0n) is 16.7. The topological polar surface area (TPSA) is 88.9 Å². The maximum absolute atomic E-state index is 12.5. The summed E-state index contributed by atoms with van der Waals surface area (Å²) in [6.45, 7) is 0.555. The highest BCUT2D eigenvalue weighted by Crippen LogP contribution is 2.13. The number of nitrogens with one attached hydrogen (secondary N) is 2. The van der Waals surface area contributed by atoms with Crippen molar-refractivity contribution < 1.29 is 9.59 Å². The molecular weight excluding hydrogens is 390 g/mol. The summed E-state index contributed by atoms with van der Waals surface area (Å²) < 4.78 is 1.66. The molecule has 7 nitrogen and oxygen atoms in total. The lowest BCUT2D eigenvalue weighted by atomic mass is 10.1. The molecule has 7 heteroatoms. The van der Waals surface area contributed by atoms with E-state index in [1.807, 2.05) is 30.3 Å². The lowest BCUT2D eigenvalue weighted by molar-refractivity contribution is 0.0953. The zero-order valence-corrected chi connectivity index (χ0v) is 16.7. The molecule has 0 spiro atoms. The van der Waals surface area contributed by atoms with E-state index in [4.69, 9.17) is 0 Å². The average Bonchev–Trinajstić information content (AvgIpc) is 3.35. The summed E-state index contributed by atoms with van der Waals surface area (Å²) in [6, 6.07) is 22.0. The third kappa shape index (κ3) is 5.22. The number of rotatable bonds is 7. The van der Waals surface area contributed by atoms with Gasteiger partial charge < -0.3 is 10.6 Å². The predicted octanol–water partition coefficient (Wildman–Crippen LogP) is 3.49. The minimum atomic E-state index is -0.339. The summed E-state index contributed by atoms with van der Waals surface area (Å²) in [6.07, 6.45) is 5.79. The largest absolute Gasteiger partial charge is 0.352 e. The van der Waals surface area contributed by atoms with Crippen molar-refractivity contribution in [2.45, 2.75) is 6.42 Å². The molecule has 31 heavy (non-hydrogen) atoms. The first-order valence-corrected chi connectivity index (χ1v) is 9.89. The second-order valence-electron chi connectivity index (χ2n) is 6.87. The first-order chi connectivity index (χ1) is 15.2. The molecule has 2 aromatic carbocycles. The lowest BCUT2D eigenvalue weighted by Gasteiger charge is -2.08. The second-order valence-corrected chi connectivity index (χ2v) is 6.87. The molecular formula is C24H21N5O2. The van der Waals surface area contributed by atoms with E-state index in [-0.39, 0.29) is 17.5 Å². The van der Waals surface area contributed by atoms with Crippen molar-refractivity contribution in [3.8, 4) is 5.69 Å². The van der Waals surface area contributed by atoms with Crippen LogP contribution in [-0.4, -0.2) is 33.1 Å². The standard InChI is InChI=1S/C24H21N5O2/c30-23(26-14-11-18-5-2-1-3-6-18)19-7-9-20(10-8-19)28-24(31)22-17-21(12-15-25-22)29-16-4-13-27-29/h1-10,12-13,15-17H,11,14H2,(H,26,30)(H,28,31). The monoisotopic (exact) mass is 411 g/mol. The van der Waals surface area contributed by atoms with Crippen LogP contribution in [0.1, 0.15) is 26.4 Å². The fraction of sp³-hybridized carbons (Fsp3) is 0.0833. The van der Waals surface area contributed by atoms with Crippen molar-refractivity contribution in [2.75, 3.05) is 11.9 Å². The molecule has 0 aliphatic carbocycles. The van der Waals surface area contributed by atoms with Gasteiger partial charge in [0.25, 0.3) is 11.8 Å². The smallest absolute Gasteiger partial charge is 0.274 e. The summed E-state index contributed by atoms with van der Waals surface area (Å²) in [5.74, 6) is -0.489. The quantitative estimate of drug-likeness (QED) is 0.487. The van der Waals surface area contributed by atoms with E-state index in [0.29, 0.717) is 17.8 Å². The third-order valence-electron chi connectivity index (χ3n) is 4.69. The first-order valence-electron chi connectivity index (χ1n) is 9.89. The normalized spacial score (nSPS) is 10.5. The molecule has 2 aromatic heterocycles. The summed E-state index contributed by atoms with van der Waals surface area (Å²) >= 11 is 0. The maximum Gasteiger partial charge on any atom is 0.274 e. The highest BCUT2D eigenvalue weighted by Gasteiger charge is 2.11. The van der Waals surface area contributed by atoms with Crippen LogP contribution in [0.3, 0.4) is 0 Å². The van der Waals surface area contributed by atoms with Gasteiger partial charge in [-0.3, -0.25) is 14.6 Å². The van der Waals surface area contributed by atoms with Crippen molar-refractivity contribution in [3.05, 3.63) is 108 Å². The Morgan fingerprint density at radius 3 is 2.42 bits per heavy atom. The number of carbonyl (C=O) groups is 2. The number of amides is 2. The SMILES string of the molecule is O=C(NCCc1ccccc1)c1ccc(NC(=O)c2cc(-n3cccn3)ccn2)cc1. The fourth-order valence-corrected chi connectivity index (χ4v) is 3.07.